The molecular formula is C30H37N3O8. The van der Waals surface area contributed by atoms with E-state index in [1.807, 2.05) is 20.8 Å². The molecule has 2 aromatic heterocycles. The smallest absolute Gasteiger partial charge is 0.463 e. The molecule has 3 aromatic rings. The Balaban J connectivity index is 0.00000226. The maximum Gasteiger partial charge on any atom is 0.514 e. The van der Waals surface area contributed by atoms with E-state index in [0.29, 0.717) is 34.6 Å². The molecule has 0 saturated heterocycles. The van der Waals surface area contributed by atoms with Crippen LogP contribution in [-0.2, 0) is 43.4 Å². The highest BCUT2D eigenvalue weighted by Crippen LogP contribution is 2.38. The maximum absolute atomic E-state index is 13.6. The number of rotatable bonds is 8. The van der Waals surface area contributed by atoms with Crippen LogP contribution in [-0.4, -0.2) is 40.3 Å². The van der Waals surface area contributed by atoms with Crippen LogP contribution in [0.25, 0.3) is 22.3 Å². The molecule has 11 heteroatoms. The van der Waals surface area contributed by atoms with E-state index in [1.165, 1.54) is 0 Å². The second-order valence-electron chi connectivity index (χ2n) is 10.1. The number of hydrogen-bond donors (Lipinski definition) is 1. The van der Waals surface area contributed by atoms with Crippen LogP contribution in [0.4, 0.5) is 4.79 Å². The van der Waals surface area contributed by atoms with Gasteiger partial charge in [-0.1, -0.05) is 20.8 Å². The summed E-state index contributed by atoms with van der Waals surface area (Å²) in [6.45, 7) is 12.8. The summed E-state index contributed by atoms with van der Waals surface area (Å²) in [7, 11) is 0. The van der Waals surface area contributed by atoms with Crippen molar-refractivity contribution in [2.24, 2.45) is 5.73 Å². The van der Waals surface area contributed by atoms with E-state index < -0.39 is 23.8 Å². The first-order chi connectivity index (χ1) is 19.5. The molecule has 1 aliphatic heterocycles. The topological polar surface area (TPSA) is 149 Å². The van der Waals surface area contributed by atoms with Crippen molar-refractivity contribution in [2.75, 3.05) is 6.54 Å². The third-order valence-corrected chi connectivity index (χ3v) is 6.32. The first kappa shape index (κ1) is 31.3. The highest BCUT2D eigenvalue weighted by molar-refractivity contribution is 5.89. The molecule has 0 spiro atoms. The molecule has 0 fully saturated rings. The van der Waals surface area contributed by atoms with Crippen molar-refractivity contribution in [3.63, 3.8) is 0 Å². The lowest BCUT2D eigenvalue weighted by atomic mass is 9.98. The normalized spacial score (nSPS) is 12.4. The summed E-state index contributed by atoms with van der Waals surface area (Å²) in [5.41, 5.74) is 8.56. The fourth-order valence-corrected chi connectivity index (χ4v) is 4.72. The summed E-state index contributed by atoms with van der Waals surface area (Å²) < 4.78 is 22.5. The number of benzene rings is 1. The van der Waals surface area contributed by atoms with Gasteiger partial charge in [0.05, 0.1) is 35.6 Å². The minimum Gasteiger partial charge on any atom is -0.463 e. The number of nitrogens with zero attached hydrogens (tertiary/aromatic N) is 2. The van der Waals surface area contributed by atoms with Crippen molar-refractivity contribution < 1.29 is 33.3 Å². The molecule has 41 heavy (non-hydrogen) atoms. The Bertz CT molecular complexity index is 1520. The number of aromatic nitrogens is 2. The lowest BCUT2D eigenvalue weighted by Crippen LogP contribution is -2.27. The van der Waals surface area contributed by atoms with Gasteiger partial charge in [0.15, 0.2) is 0 Å². The quantitative estimate of drug-likeness (QED) is 0.139. The summed E-state index contributed by atoms with van der Waals surface area (Å²) in [5, 5.41) is 0.785. The molecule has 0 amide bonds. The number of carbonyl (C=O) groups is 3. The summed E-state index contributed by atoms with van der Waals surface area (Å²) in [6.07, 6.45) is -0.999. The second kappa shape index (κ2) is 12.9. The fourth-order valence-electron chi connectivity index (χ4n) is 4.72. The van der Waals surface area contributed by atoms with Crippen LogP contribution in [0, 0.1) is 0 Å². The zero-order valence-electron chi connectivity index (χ0n) is 24.5. The predicted octanol–water partition coefficient (Wildman–Crippen LogP) is 4.56. The highest BCUT2D eigenvalue weighted by Gasteiger charge is 2.30. The Morgan fingerprint density at radius 3 is 2.49 bits per heavy atom. The monoisotopic (exact) mass is 567 g/mol. The number of hydrogen-bond acceptors (Lipinski definition) is 10. The van der Waals surface area contributed by atoms with Crippen LogP contribution >= 0.6 is 0 Å². The number of ether oxygens (including phenoxy) is 4. The molecule has 0 radical (unpaired) electrons. The Hall–Kier alpha value is -4.25. The molecule has 4 rings (SSSR count). The fraction of sp³-hybridized carbons (Fsp3) is 0.433. The molecule has 1 unspecified atom stereocenters. The van der Waals surface area contributed by atoms with Crippen molar-refractivity contribution in [2.45, 2.75) is 79.7 Å². The van der Waals surface area contributed by atoms with E-state index in [1.54, 1.807) is 56.5 Å². The molecule has 11 nitrogen and oxygen atoms in total. The summed E-state index contributed by atoms with van der Waals surface area (Å²) in [5.74, 6) is -0.320. The van der Waals surface area contributed by atoms with Crippen molar-refractivity contribution in [1.29, 1.82) is 0 Å². The molecule has 1 aliphatic rings. The van der Waals surface area contributed by atoms with Crippen LogP contribution in [0.3, 0.4) is 0 Å². The van der Waals surface area contributed by atoms with Gasteiger partial charge in [0.1, 0.15) is 24.1 Å². The standard InChI is InChI=1S/C28H31N3O8.C2H6/c1-6-17-19-9-16(38-27(35)39-28(3,4)5)7-8-22(19)30-25-20(17)12-31-23(25)10-18(15(2)37-24(33)11-29)21(26(31)34)13-36-14-32;1-2/h7-10,14-15H,6,11-13,29H2,1-5H3;1-2H3. The molecular weight excluding hydrogens is 530 g/mol. The molecule has 0 saturated carbocycles. The van der Waals surface area contributed by atoms with Gasteiger partial charge in [-0.05, 0) is 63.9 Å². The minimum atomic E-state index is -0.812. The molecule has 3 heterocycles. The van der Waals surface area contributed by atoms with Gasteiger partial charge in [-0.25, -0.2) is 9.78 Å². The van der Waals surface area contributed by atoms with Crippen LogP contribution in [0.2, 0.25) is 0 Å². The Kier molecular flexibility index (Phi) is 9.88. The van der Waals surface area contributed by atoms with E-state index in [4.69, 9.17) is 29.7 Å². The number of pyridine rings is 2. The zero-order valence-corrected chi connectivity index (χ0v) is 24.5. The average molecular weight is 568 g/mol. The van der Waals surface area contributed by atoms with Gasteiger partial charge >= 0.3 is 12.1 Å². The van der Waals surface area contributed by atoms with Crippen molar-refractivity contribution in [3.8, 4) is 17.1 Å². The van der Waals surface area contributed by atoms with Crippen LogP contribution < -0.4 is 16.0 Å². The zero-order chi connectivity index (χ0) is 30.5. The van der Waals surface area contributed by atoms with Gasteiger partial charge in [0.2, 0.25) is 0 Å². The molecule has 0 aliphatic carbocycles. The molecule has 220 valence electrons. The van der Waals surface area contributed by atoms with Crippen molar-refractivity contribution in [3.05, 3.63) is 56.9 Å². The predicted molar refractivity (Wildman–Crippen MR) is 153 cm³/mol. The SMILES string of the molecule is CC.CCc1c2c(nc3ccc(OC(=O)OC(C)(C)C)cc13)-c1cc(C(C)OC(=O)CN)c(COC=O)c(=O)n1C2. The van der Waals surface area contributed by atoms with E-state index in [0.717, 1.165) is 16.5 Å². The van der Waals surface area contributed by atoms with Crippen molar-refractivity contribution >= 4 is 29.5 Å². The number of carbonyl (C=O) groups excluding carboxylic acids is 3. The van der Waals surface area contributed by atoms with E-state index >= 15 is 0 Å². The molecule has 1 aromatic carbocycles. The number of nitrogens with two attached hydrogens (primary N) is 1. The largest absolute Gasteiger partial charge is 0.514 e. The molecule has 0 bridgehead atoms. The Labute approximate surface area is 238 Å². The van der Waals surface area contributed by atoms with Gasteiger partial charge < -0.3 is 29.2 Å². The van der Waals surface area contributed by atoms with Gasteiger partial charge in [-0.2, -0.15) is 0 Å². The summed E-state index contributed by atoms with van der Waals surface area (Å²) in [4.78, 5) is 53.4. The third-order valence-electron chi connectivity index (χ3n) is 6.32. The lowest BCUT2D eigenvalue weighted by molar-refractivity contribution is -0.147. The Morgan fingerprint density at radius 2 is 1.88 bits per heavy atom. The van der Waals surface area contributed by atoms with Gasteiger partial charge in [-0.3, -0.25) is 14.4 Å². The second-order valence-corrected chi connectivity index (χ2v) is 10.1. The molecule has 2 N–H and O–H groups in total. The number of aryl methyl sites for hydroxylation is 1. The first-order valence-corrected chi connectivity index (χ1v) is 13.6. The highest BCUT2D eigenvalue weighted by atomic mass is 16.7. The van der Waals surface area contributed by atoms with Crippen LogP contribution in [0.5, 0.6) is 5.75 Å². The van der Waals surface area contributed by atoms with E-state index in [9.17, 15) is 19.2 Å². The number of esters is 1. The summed E-state index contributed by atoms with van der Waals surface area (Å²) in [6, 6.07) is 6.85. The minimum absolute atomic E-state index is 0.201. The number of fused-ring (bicyclic) bond motifs is 4. The van der Waals surface area contributed by atoms with Crippen molar-refractivity contribution in [1.82, 2.24) is 9.55 Å². The lowest BCUT2D eigenvalue weighted by Gasteiger charge is -2.19. The third kappa shape index (κ3) is 6.74. The summed E-state index contributed by atoms with van der Waals surface area (Å²) >= 11 is 0. The molecule has 1 atom stereocenters. The average Bonchev–Trinajstić information content (AvgIpc) is 3.29. The Morgan fingerprint density at radius 1 is 1.17 bits per heavy atom. The van der Waals surface area contributed by atoms with Crippen LogP contribution in [0.1, 0.15) is 76.8 Å². The van der Waals surface area contributed by atoms with E-state index in [-0.39, 0.29) is 37.3 Å². The van der Waals surface area contributed by atoms with Crippen LogP contribution in [0.15, 0.2) is 29.1 Å². The van der Waals surface area contributed by atoms with E-state index in [2.05, 4.69) is 0 Å². The van der Waals surface area contributed by atoms with Gasteiger partial charge in [-0.15, -0.1) is 0 Å². The van der Waals surface area contributed by atoms with Gasteiger partial charge in [0, 0.05) is 16.5 Å². The maximum atomic E-state index is 13.6. The van der Waals surface area contributed by atoms with Gasteiger partial charge in [0.25, 0.3) is 12.0 Å². The first-order valence-electron chi connectivity index (χ1n) is 13.6.